The van der Waals surface area contributed by atoms with Gasteiger partial charge in [0.25, 0.3) is 0 Å². The van der Waals surface area contributed by atoms with Gasteiger partial charge in [-0.15, -0.1) is 0 Å². The Morgan fingerprint density at radius 1 is 0.815 bits per heavy atom. The smallest absolute Gasteiger partial charge is 0.0455 e. The van der Waals surface area contributed by atoms with E-state index in [9.17, 15) is 0 Å². The molecule has 4 rings (SSSR count). The van der Waals surface area contributed by atoms with Crippen molar-refractivity contribution in [1.29, 1.82) is 0 Å². The quantitative estimate of drug-likeness (QED) is 0.692. The molecule has 0 aliphatic carbocycles. The summed E-state index contributed by atoms with van der Waals surface area (Å²) >= 11 is 0. The van der Waals surface area contributed by atoms with Crippen LogP contribution < -0.4 is 0 Å². The summed E-state index contributed by atoms with van der Waals surface area (Å²) in [7, 11) is 0. The SMILES string of the molecule is Cc1cc(CN2CCN(Cc3ccncc3)CC2)c(C)n1-c1ccccc1. The van der Waals surface area contributed by atoms with Gasteiger partial charge in [-0.1, -0.05) is 18.2 Å². The van der Waals surface area contributed by atoms with Crippen LogP contribution in [0.4, 0.5) is 0 Å². The summed E-state index contributed by atoms with van der Waals surface area (Å²) in [5.74, 6) is 0. The molecule has 0 spiro atoms. The van der Waals surface area contributed by atoms with Gasteiger partial charge in [0, 0.05) is 68.7 Å². The topological polar surface area (TPSA) is 24.3 Å². The molecule has 1 fully saturated rings. The van der Waals surface area contributed by atoms with Crippen LogP contribution in [-0.2, 0) is 13.1 Å². The zero-order chi connectivity index (χ0) is 18.6. The van der Waals surface area contributed by atoms with E-state index in [1.165, 1.54) is 28.2 Å². The average molecular weight is 361 g/mol. The van der Waals surface area contributed by atoms with E-state index in [1.807, 2.05) is 12.4 Å². The molecular formula is C23H28N4. The van der Waals surface area contributed by atoms with Gasteiger partial charge < -0.3 is 4.57 Å². The lowest BCUT2D eigenvalue weighted by molar-refractivity contribution is 0.122. The predicted molar refractivity (Wildman–Crippen MR) is 110 cm³/mol. The molecule has 3 heterocycles. The average Bonchev–Trinajstić information content (AvgIpc) is 2.98. The number of para-hydroxylation sites is 1. The van der Waals surface area contributed by atoms with Gasteiger partial charge in [-0.05, 0) is 55.3 Å². The van der Waals surface area contributed by atoms with Crippen LogP contribution in [0.15, 0.2) is 60.9 Å². The first-order valence-corrected chi connectivity index (χ1v) is 9.77. The lowest BCUT2D eigenvalue weighted by atomic mass is 10.2. The largest absolute Gasteiger partial charge is 0.318 e. The van der Waals surface area contributed by atoms with Crippen LogP contribution in [-0.4, -0.2) is 45.5 Å². The van der Waals surface area contributed by atoms with Crippen molar-refractivity contribution in [2.45, 2.75) is 26.9 Å². The number of benzene rings is 1. The Balaban J connectivity index is 1.38. The molecule has 0 N–H and O–H groups in total. The minimum atomic E-state index is 1.03. The molecule has 3 aromatic rings. The highest BCUT2D eigenvalue weighted by Crippen LogP contribution is 2.22. The van der Waals surface area contributed by atoms with Gasteiger partial charge >= 0.3 is 0 Å². The number of nitrogens with zero attached hydrogens (tertiary/aromatic N) is 4. The molecule has 0 radical (unpaired) electrons. The number of pyridine rings is 1. The van der Waals surface area contributed by atoms with E-state index in [-0.39, 0.29) is 0 Å². The molecule has 0 atom stereocenters. The zero-order valence-corrected chi connectivity index (χ0v) is 16.3. The van der Waals surface area contributed by atoms with Gasteiger partial charge in [0.1, 0.15) is 0 Å². The highest BCUT2D eigenvalue weighted by molar-refractivity contribution is 5.40. The van der Waals surface area contributed by atoms with E-state index in [1.54, 1.807) is 0 Å². The molecule has 4 nitrogen and oxygen atoms in total. The van der Waals surface area contributed by atoms with Crippen LogP contribution in [0.2, 0.25) is 0 Å². The van der Waals surface area contributed by atoms with Crippen molar-refractivity contribution < 1.29 is 0 Å². The first-order valence-electron chi connectivity index (χ1n) is 9.77. The fourth-order valence-corrected chi connectivity index (χ4v) is 4.06. The van der Waals surface area contributed by atoms with Gasteiger partial charge in [-0.25, -0.2) is 0 Å². The maximum Gasteiger partial charge on any atom is 0.0455 e. The Kier molecular flexibility index (Phi) is 5.37. The molecule has 27 heavy (non-hydrogen) atoms. The highest BCUT2D eigenvalue weighted by atomic mass is 15.3. The summed E-state index contributed by atoms with van der Waals surface area (Å²) in [5.41, 5.74) is 6.72. The molecule has 0 saturated carbocycles. The minimum Gasteiger partial charge on any atom is -0.318 e. The number of hydrogen-bond acceptors (Lipinski definition) is 3. The monoisotopic (exact) mass is 360 g/mol. The summed E-state index contributed by atoms with van der Waals surface area (Å²) in [6, 6.07) is 17.2. The second kappa shape index (κ2) is 8.07. The van der Waals surface area contributed by atoms with E-state index < -0.39 is 0 Å². The highest BCUT2D eigenvalue weighted by Gasteiger charge is 2.19. The first kappa shape index (κ1) is 18.0. The van der Waals surface area contributed by atoms with Gasteiger partial charge in [0.2, 0.25) is 0 Å². The fourth-order valence-electron chi connectivity index (χ4n) is 4.06. The van der Waals surface area contributed by atoms with Gasteiger partial charge in [0.15, 0.2) is 0 Å². The molecule has 1 saturated heterocycles. The molecule has 1 aliphatic heterocycles. The van der Waals surface area contributed by atoms with Gasteiger partial charge in [-0.2, -0.15) is 0 Å². The van der Waals surface area contributed by atoms with Crippen LogP contribution in [0.5, 0.6) is 0 Å². The van der Waals surface area contributed by atoms with E-state index in [0.29, 0.717) is 0 Å². The molecule has 1 aromatic carbocycles. The van der Waals surface area contributed by atoms with E-state index in [0.717, 1.165) is 39.3 Å². The Morgan fingerprint density at radius 3 is 2.11 bits per heavy atom. The Labute approximate surface area is 162 Å². The Hall–Kier alpha value is -2.43. The summed E-state index contributed by atoms with van der Waals surface area (Å²) < 4.78 is 2.37. The van der Waals surface area contributed by atoms with Crippen molar-refractivity contribution in [3.05, 3.63) is 83.4 Å². The normalized spacial score (nSPS) is 15.9. The third kappa shape index (κ3) is 4.12. The summed E-state index contributed by atoms with van der Waals surface area (Å²) in [4.78, 5) is 9.23. The van der Waals surface area contributed by atoms with Crippen LogP contribution in [0.1, 0.15) is 22.5 Å². The van der Waals surface area contributed by atoms with E-state index in [2.05, 4.69) is 81.7 Å². The molecule has 2 aromatic heterocycles. The summed E-state index contributed by atoms with van der Waals surface area (Å²) in [5, 5.41) is 0. The molecule has 140 valence electrons. The molecule has 0 amide bonds. The van der Waals surface area contributed by atoms with Crippen molar-refractivity contribution in [3.8, 4) is 5.69 Å². The summed E-state index contributed by atoms with van der Waals surface area (Å²) in [6.45, 7) is 11.0. The van der Waals surface area contributed by atoms with Crippen molar-refractivity contribution in [2.24, 2.45) is 0 Å². The minimum absolute atomic E-state index is 1.03. The van der Waals surface area contributed by atoms with Crippen LogP contribution in [0.25, 0.3) is 5.69 Å². The van der Waals surface area contributed by atoms with Crippen molar-refractivity contribution in [1.82, 2.24) is 19.4 Å². The van der Waals surface area contributed by atoms with E-state index in [4.69, 9.17) is 0 Å². The lowest BCUT2D eigenvalue weighted by Crippen LogP contribution is -2.45. The lowest BCUT2D eigenvalue weighted by Gasteiger charge is -2.34. The van der Waals surface area contributed by atoms with Gasteiger partial charge in [-0.3, -0.25) is 14.8 Å². The Bertz CT molecular complexity index is 862. The summed E-state index contributed by atoms with van der Waals surface area (Å²) in [6.07, 6.45) is 3.77. The van der Waals surface area contributed by atoms with Gasteiger partial charge in [0.05, 0.1) is 0 Å². The van der Waals surface area contributed by atoms with E-state index >= 15 is 0 Å². The number of piperazine rings is 1. The van der Waals surface area contributed by atoms with Crippen LogP contribution in [0, 0.1) is 13.8 Å². The molecular weight excluding hydrogens is 332 g/mol. The standard InChI is InChI=1S/C23H28N4/c1-19-16-22(20(2)27(19)23-6-4-3-5-7-23)18-26-14-12-25(13-15-26)17-21-8-10-24-11-9-21/h3-11,16H,12-15,17-18H2,1-2H3. The molecule has 0 bridgehead atoms. The first-order chi connectivity index (χ1) is 13.2. The number of hydrogen-bond donors (Lipinski definition) is 0. The number of aromatic nitrogens is 2. The number of aryl methyl sites for hydroxylation is 1. The third-order valence-electron chi connectivity index (χ3n) is 5.56. The van der Waals surface area contributed by atoms with Crippen molar-refractivity contribution in [2.75, 3.05) is 26.2 Å². The predicted octanol–water partition coefficient (Wildman–Crippen LogP) is 3.81. The zero-order valence-electron chi connectivity index (χ0n) is 16.3. The van der Waals surface area contributed by atoms with Crippen LogP contribution in [0.3, 0.4) is 0 Å². The van der Waals surface area contributed by atoms with Crippen molar-refractivity contribution in [3.63, 3.8) is 0 Å². The molecule has 1 aliphatic rings. The molecule has 0 unspecified atom stereocenters. The second-order valence-corrected chi connectivity index (χ2v) is 7.48. The molecule has 4 heteroatoms. The Morgan fingerprint density at radius 2 is 1.44 bits per heavy atom. The maximum atomic E-state index is 4.11. The number of rotatable bonds is 5. The maximum absolute atomic E-state index is 4.11. The third-order valence-corrected chi connectivity index (χ3v) is 5.56. The van der Waals surface area contributed by atoms with Crippen molar-refractivity contribution >= 4 is 0 Å². The fraction of sp³-hybridized carbons (Fsp3) is 0.348. The van der Waals surface area contributed by atoms with Crippen LogP contribution >= 0.6 is 0 Å². The second-order valence-electron chi connectivity index (χ2n) is 7.48.